The van der Waals surface area contributed by atoms with Crippen LogP contribution in [0.3, 0.4) is 0 Å². The summed E-state index contributed by atoms with van der Waals surface area (Å²) < 4.78 is 54.0. The number of carbonyl (C=O) groups excluding carboxylic acids is 1. The van der Waals surface area contributed by atoms with Crippen LogP contribution in [0.4, 0.5) is 17.6 Å². The number of rotatable bonds is 2. The Morgan fingerprint density at radius 2 is 1.95 bits per heavy atom. The lowest BCUT2D eigenvalue weighted by Gasteiger charge is -2.29. The van der Waals surface area contributed by atoms with Crippen LogP contribution in [0, 0.1) is 5.82 Å². The molecule has 0 saturated carbocycles. The first kappa shape index (κ1) is 14.8. The molecule has 1 aliphatic heterocycles. The number of fused-ring (bicyclic) bond motifs is 1. The van der Waals surface area contributed by atoms with Crippen LogP contribution in [0.15, 0.2) is 36.4 Å². The van der Waals surface area contributed by atoms with Gasteiger partial charge < -0.3 is 0 Å². The number of hydrogen-bond donors (Lipinski definition) is 1. The third kappa shape index (κ3) is 2.64. The topological polar surface area (TPSA) is 32.3 Å². The van der Waals surface area contributed by atoms with Gasteiger partial charge >= 0.3 is 6.18 Å². The third-order valence-electron chi connectivity index (χ3n) is 3.64. The predicted octanol–water partition coefficient (Wildman–Crippen LogP) is 3.32. The Balaban J connectivity index is 2.08. The molecule has 0 bridgehead atoms. The van der Waals surface area contributed by atoms with E-state index in [1.807, 2.05) is 0 Å². The summed E-state index contributed by atoms with van der Waals surface area (Å²) in [6, 6.07) is 6.28. The van der Waals surface area contributed by atoms with Crippen molar-refractivity contribution in [2.75, 3.05) is 6.54 Å². The van der Waals surface area contributed by atoms with Gasteiger partial charge in [0, 0.05) is 18.4 Å². The molecule has 7 heteroatoms. The lowest BCUT2D eigenvalue weighted by Crippen LogP contribution is -2.43. The molecule has 1 heterocycles. The number of hydrazine groups is 1. The summed E-state index contributed by atoms with van der Waals surface area (Å²) in [6.45, 7) is -0.0433. The fourth-order valence-electron chi connectivity index (χ4n) is 2.66. The Morgan fingerprint density at radius 3 is 2.59 bits per heavy atom. The Hall–Kier alpha value is -2.15. The highest BCUT2D eigenvalue weighted by Crippen LogP contribution is 2.39. The number of hydrogen-bond acceptors (Lipinski definition) is 2. The molecule has 2 aromatic carbocycles. The van der Waals surface area contributed by atoms with Crippen molar-refractivity contribution < 1.29 is 22.4 Å². The van der Waals surface area contributed by atoms with Crippen molar-refractivity contribution >= 4 is 16.7 Å². The summed E-state index contributed by atoms with van der Waals surface area (Å²) in [5.41, 5.74) is 2.10. The van der Waals surface area contributed by atoms with E-state index in [-0.39, 0.29) is 23.9 Å². The molecule has 116 valence electrons. The van der Waals surface area contributed by atoms with Gasteiger partial charge in [-0.05, 0) is 23.1 Å². The van der Waals surface area contributed by atoms with Crippen LogP contribution in [0.2, 0.25) is 0 Å². The number of nitrogens with one attached hydrogen (secondary N) is 1. The second-order valence-corrected chi connectivity index (χ2v) is 5.14. The van der Waals surface area contributed by atoms with E-state index >= 15 is 0 Å². The van der Waals surface area contributed by atoms with Crippen molar-refractivity contribution in [1.82, 2.24) is 10.4 Å². The van der Waals surface area contributed by atoms with Gasteiger partial charge in [0.05, 0.1) is 0 Å². The number of benzene rings is 2. The quantitative estimate of drug-likeness (QED) is 0.863. The molecule has 0 aliphatic carbocycles. The maximum absolute atomic E-state index is 13.8. The van der Waals surface area contributed by atoms with E-state index in [0.717, 1.165) is 5.01 Å². The SMILES string of the molecule is O=C1CCN(C(c2ccc3cccc(F)c3c2)C(F)(F)F)N1. The minimum absolute atomic E-state index is 0.00845. The van der Waals surface area contributed by atoms with Gasteiger partial charge in [-0.25, -0.2) is 9.40 Å². The molecule has 1 fully saturated rings. The number of carbonyl (C=O) groups is 1. The van der Waals surface area contributed by atoms with Crippen molar-refractivity contribution in [3.63, 3.8) is 0 Å². The fraction of sp³-hybridized carbons (Fsp3) is 0.267. The average Bonchev–Trinajstić information content (AvgIpc) is 2.84. The number of amides is 1. The first-order valence-corrected chi connectivity index (χ1v) is 6.67. The lowest BCUT2D eigenvalue weighted by atomic mass is 10.0. The van der Waals surface area contributed by atoms with Crippen LogP contribution in [0.25, 0.3) is 10.8 Å². The van der Waals surface area contributed by atoms with Crippen molar-refractivity contribution in [3.05, 3.63) is 47.8 Å². The van der Waals surface area contributed by atoms with E-state index in [1.54, 1.807) is 6.07 Å². The van der Waals surface area contributed by atoms with E-state index in [9.17, 15) is 22.4 Å². The summed E-state index contributed by atoms with van der Waals surface area (Å²) in [7, 11) is 0. The maximum Gasteiger partial charge on any atom is 0.409 e. The minimum atomic E-state index is -4.59. The van der Waals surface area contributed by atoms with Gasteiger partial charge in [0.1, 0.15) is 11.9 Å². The van der Waals surface area contributed by atoms with Crippen LogP contribution in [-0.2, 0) is 4.79 Å². The summed E-state index contributed by atoms with van der Waals surface area (Å²) in [4.78, 5) is 11.2. The van der Waals surface area contributed by atoms with Gasteiger partial charge in [0.15, 0.2) is 0 Å². The van der Waals surface area contributed by atoms with E-state index in [2.05, 4.69) is 5.43 Å². The van der Waals surface area contributed by atoms with Gasteiger partial charge in [0.25, 0.3) is 0 Å². The van der Waals surface area contributed by atoms with E-state index < -0.39 is 23.9 Å². The molecule has 3 rings (SSSR count). The zero-order valence-corrected chi connectivity index (χ0v) is 11.3. The highest BCUT2D eigenvalue weighted by Gasteiger charge is 2.46. The summed E-state index contributed by atoms with van der Waals surface area (Å²) in [6.07, 6.45) is -4.58. The van der Waals surface area contributed by atoms with Crippen molar-refractivity contribution in [2.24, 2.45) is 0 Å². The zero-order chi connectivity index (χ0) is 15.9. The molecule has 3 nitrogen and oxygen atoms in total. The Morgan fingerprint density at radius 1 is 1.18 bits per heavy atom. The highest BCUT2D eigenvalue weighted by molar-refractivity contribution is 5.84. The third-order valence-corrected chi connectivity index (χ3v) is 3.64. The average molecular weight is 312 g/mol. The van der Waals surface area contributed by atoms with Gasteiger partial charge in [-0.2, -0.15) is 13.2 Å². The van der Waals surface area contributed by atoms with Gasteiger partial charge in [-0.15, -0.1) is 0 Å². The summed E-state index contributed by atoms with van der Waals surface area (Å²) in [5.74, 6) is -1.04. The molecule has 1 aliphatic rings. The molecule has 22 heavy (non-hydrogen) atoms. The molecule has 0 aromatic heterocycles. The molecule has 1 saturated heterocycles. The van der Waals surface area contributed by atoms with Crippen LogP contribution in [0.5, 0.6) is 0 Å². The first-order chi connectivity index (χ1) is 10.4. The minimum Gasteiger partial charge on any atom is -0.288 e. The molecule has 0 radical (unpaired) electrons. The zero-order valence-electron chi connectivity index (χ0n) is 11.3. The van der Waals surface area contributed by atoms with E-state index in [4.69, 9.17) is 0 Å². The van der Waals surface area contributed by atoms with Crippen LogP contribution in [-0.4, -0.2) is 23.6 Å². The fourth-order valence-corrected chi connectivity index (χ4v) is 2.66. The molecule has 2 aromatic rings. The molecule has 1 atom stereocenters. The highest BCUT2D eigenvalue weighted by atomic mass is 19.4. The van der Waals surface area contributed by atoms with Crippen LogP contribution >= 0.6 is 0 Å². The largest absolute Gasteiger partial charge is 0.409 e. The van der Waals surface area contributed by atoms with Crippen molar-refractivity contribution in [3.8, 4) is 0 Å². The summed E-state index contributed by atoms with van der Waals surface area (Å²) in [5, 5.41) is 1.50. The Labute approximate surface area is 123 Å². The monoisotopic (exact) mass is 312 g/mol. The molecular weight excluding hydrogens is 300 g/mol. The van der Waals surface area contributed by atoms with Crippen LogP contribution < -0.4 is 5.43 Å². The molecule has 1 amide bonds. The second-order valence-electron chi connectivity index (χ2n) is 5.14. The summed E-state index contributed by atoms with van der Waals surface area (Å²) >= 11 is 0. The van der Waals surface area contributed by atoms with Crippen LogP contribution in [0.1, 0.15) is 18.0 Å². The number of alkyl halides is 3. The second kappa shape index (κ2) is 5.24. The molecule has 1 N–H and O–H groups in total. The molecule has 1 unspecified atom stereocenters. The smallest absolute Gasteiger partial charge is 0.288 e. The first-order valence-electron chi connectivity index (χ1n) is 6.67. The van der Waals surface area contributed by atoms with E-state index in [0.29, 0.717) is 5.39 Å². The van der Waals surface area contributed by atoms with Gasteiger partial charge in [0.2, 0.25) is 5.91 Å². The normalized spacial score (nSPS) is 17.7. The Bertz CT molecular complexity index is 729. The lowest BCUT2D eigenvalue weighted by molar-refractivity contribution is -0.191. The van der Waals surface area contributed by atoms with Crippen molar-refractivity contribution in [2.45, 2.75) is 18.6 Å². The molecular formula is C15H12F4N2O. The number of halogens is 4. The Kier molecular flexibility index (Phi) is 3.52. The number of nitrogens with zero attached hydrogens (tertiary/aromatic N) is 1. The predicted molar refractivity (Wildman–Crippen MR) is 72.2 cm³/mol. The van der Waals surface area contributed by atoms with E-state index in [1.165, 1.54) is 30.3 Å². The van der Waals surface area contributed by atoms with Crippen molar-refractivity contribution in [1.29, 1.82) is 0 Å². The van der Waals surface area contributed by atoms with Gasteiger partial charge in [-0.1, -0.05) is 24.3 Å². The standard InChI is InChI=1S/C15H12F4N2O/c16-12-3-1-2-9-4-5-10(8-11(9)12)14(15(17,18)19)21-7-6-13(22)20-21/h1-5,8,14H,6-7H2,(H,20,22). The maximum atomic E-state index is 13.8. The molecule has 0 spiro atoms. The van der Waals surface area contributed by atoms with Gasteiger partial charge in [-0.3, -0.25) is 10.2 Å².